The van der Waals surface area contributed by atoms with E-state index in [1.54, 1.807) is 7.11 Å². The molecule has 27 heavy (non-hydrogen) atoms. The first-order valence-electron chi connectivity index (χ1n) is 9.08. The summed E-state index contributed by atoms with van der Waals surface area (Å²) in [5.41, 5.74) is 5.99. The predicted octanol–water partition coefficient (Wildman–Crippen LogP) is 4.34. The Morgan fingerprint density at radius 3 is 2.78 bits per heavy atom. The molecule has 1 heterocycles. The van der Waals surface area contributed by atoms with Gasteiger partial charge in [0.2, 0.25) is 0 Å². The van der Waals surface area contributed by atoms with Crippen molar-refractivity contribution in [3.8, 4) is 11.3 Å². The van der Waals surface area contributed by atoms with Crippen LogP contribution >= 0.6 is 11.5 Å². The van der Waals surface area contributed by atoms with E-state index in [0.717, 1.165) is 23.2 Å². The number of hydrogen-bond donors (Lipinski definition) is 1. The number of hydrogen-bond acceptors (Lipinski definition) is 5. The first kappa shape index (κ1) is 19.5. The first-order valence-corrected chi connectivity index (χ1v) is 9.91. The molecule has 1 N–H and O–H groups in total. The summed E-state index contributed by atoms with van der Waals surface area (Å²) in [7, 11) is 1.63. The summed E-state index contributed by atoms with van der Waals surface area (Å²) in [6.07, 6.45) is 5.35. The van der Waals surface area contributed by atoms with Crippen LogP contribution in [0.4, 0.5) is 0 Å². The normalized spacial score (nSPS) is 17.9. The highest BCUT2D eigenvalue weighted by molar-refractivity contribution is 7.03. The van der Waals surface area contributed by atoms with Crippen LogP contribution in [-0.4, -0.2) is 35.3 Å². The van der Waals surface area contributed by atoms with E-state index in [1.807, 2.05) is 24.4 Å². The number of methoxy groups -OCH3 is 1. The molecule has 5 nitrogen and oxygen atoms in total. The van der Waals surface area contributed by atoms with Gasteiger partial charge in [0.15, 0.2) is 0 Å². The topological polar surface area (TPSA) is 64.1 Å². The molecule has 2 unspecified atom stereocenters. The van der Waals surface area contributed by atoms with E-state index in [2.05, 4.69) is 47.0 Å². The lowest BCUT2D eigenvalue weighted by atomic mass is 9.84. The summed E-state index contributed by atoms with van der Waals surface area (Å²) in [6.45, 7) is 6.77. The molecule has 142 valence electrons. The number of benzene rings is 1. The molecule has 1 aliphatic carbocycles. The molecular weight excluding hydrogens is 358 g/mol. The second kappa shape index (κ2) is 8.59. The third-order valence-electron chi connectivity index (χ3n) is 4.68. The van der Waals surface area contributed by atoms with Gasteiger partial charge < -0.3 is 10.1 Å². The van der Waals surface area contributed by atoms with Gasteiger partial charge in [-0.05, 0) is 67.1 Å². The Balaban J connectivity index is 2.01. The van der Waals surface area contributed by atoms with Crippen LogP contribution in [0.15, 0.2) is 41.3 Å². The maximum Gasteiger partial charge on any atom is 0.251 e. The molecule has 0 bridgehead atoms. The van der Waals surface area contributed by atoms with Crippen LogP contribution in [-0.2, 0) is 4.74 Å². The highest BCUT2D eigenvalue weighted by atomic mass is 32.1. The molecule has 0 aliphatic heterocycles. The fraction of sp³-hybridized carbons (Fsp3) is 0.381. The highest BCUT2D eigenvalue weighted by Gasteiger charge is 2.19. The Bertz CT molecular complexity index is 872. The molecule has 3 rings (SSSR count). The zero-order valence-corrected chi connectivity index (χ0v) is 17.0. The second-order valence-corrected chi connectivity index (χ2v) is 7.77. The minimum atomic E-state index is -0.110. The number of ether oxygens (including phenoxy) is 1. The Hall–Kier alpha value is -2.31. The Kier molecular flexibility index (Phi) is 6.19. The van der Waals surface area contributed by atoms with Crippen LogP contribution in [0.2, 0.25) is 0 Å². The summed E-state index contributed by atoms with van der Waals surface area (Å²) in [5, 5.41) is 9.07. The molecular formula is C21H25N3O2S. The predicted molar refractivity (Wildman–Crippen MR) is 110 cm³/mol. The lowest BCUT2D eigenvalue weighted by Crippen LogP contribution is -2.35. The van der Waals surface area contributed by atoms with Gasteiger partial charge in [0.1, 0.15) is 5.69 Å². The van der Waals surface area contributed by atoms with Crippen molar-refractivity contribution in [1.82, 2.24) is 14.9 Å². The molecule has 2 atom stereocenters. The number of nitrogens with one attached hydrogen (secondary N) is 1. The zero-order chi connectivity index (χ0) is 19.4. The molecule has 6 heteroatoms. The number of amides is 1. The maximum atomic E-state index is 12.8. The van der Waals surface area contributed by atoms with Crippen LogP contribution < -0.4 is 5.32 Å². The van der Waals surface area contributed by atoms with Crippen LogP contribution in [0.3, 0.4) is 0 Å². The lowest BCUT2D eigenvalue weighted by molar-refractivity contribution is 0.0905. The Morgan fingerprint density at radius 2 is 2.11 bits per heavy atom. The van der Waals surface area contributed by atoms with Crippen molar-refractivity contribution in [3.63, 3.8) is 0 Å². The number of carbonyl (C=O) groups is 1. The molecule has 0 fully saturated rings. The zero-order valence-electron chi connectivity index (χ0n) is 16.2. The molecule has 0 spiro atoms. The largest absolute Gasteiger partial charge is 0.383 e. The maximum absolute atomic E-state index is 12.8. The molecule has 1 amide bonds. The van der Waals surface area contributed by atoms with Crippen molar-refractivity contribution in [1.29, 1.82) is 0 Å². The standard InChI is InChI=1S/C21H25N3O2S/c1-13-5-6-19(14(2)7-13)16-8-17(20-12-27-24-23-20)10-18(9-16)21(25)22-15(3)11-26-4/h5-6,8-10,12,14-15H,7,11H2,1-4H3,(H,22,25). The van der Waals surface area contributed by atoms with Gasteiger partial charge in [0, 0.05) is 29.7 Å². The minimum Gasteiger partial charge on any atom is -0.383 e. The second-order valence-electron chi connectivity index (χ2n) is 7.16. The van der Waals surface area contributed by atoms with Gasteiger partial charge in [-0.3, -0.25) is 4.79 Å². The van der Waals surface area contributed by atoms with Crippen molar-refractivity contribution >= 4 is 23.0 Å². The van der Waals surface area contributed by atoms with Crippen molar-refractivity contribution in [3.05, 3.63) is 52.4 Å². The van der Waals surface area contributed by atoms with E-state index in [4.69, 9.17) is 4.74 Å². The van der Waals surface area contributed by atoms with E-state index in [-0.39, 0.29) is 11.9 Å². The first-order chi connectivity index (χ1) is 13.0. The minimum absolute atomic E-state index is 0.0612. The summed E-state index contributed by atoms with van der Waals surface area (Å²) in [6, 6.07) is 5.89. The fourth-order valence-electron chi connectivity index (χ4n) is 3.40. The van der Waals surface area contributed by atoms with Gasteiger partial charge in [-0.15, -0.1) is 5.10 Å². The third kappa shape index (κ3) is 4.70. The van der Waals surface area contributed by atoms with Crippen molar-refractivity contribution in [2.45, 2.75) is 33.2 Å². The highest BCUT2D eigenvalue weighted by Crippen LogP contribution is 2.34. The average Bonchev–Trinajstić information content (AvgIpc) is 3.16. The Morgan fingerprint density at radius 1 is 1.33 bits per heavy atom. The molecule has 1 aliphatic rings. The molecule has 0 radical (unpaired) electrons. The van der Waals surface area contributed by atoms with E-state index >= 15 is 0 Å². The third-order valence-corrected chi connectivity index (χ3v) is 5.19. The number of nitrogens with zero attached hydrogens (tertiary/aromatic N) is 2. The van der Waals surface area contributed by atoms with Crippen molar-refractivity contribution in [2.75, 3.05) is 13.7 Å². The van der Waals surface area contributed by atoms with Gasteiger partial charge in [0.25, 0.3) is 5.91 Å². The van der Waals surface area contributed by atoms with Gasteiger partial charge in [-0.2, -0.15) is 0 Å². The molecule has 1 aromatic carbocycles. The van der Waals surface area contributed by atoms with Crippen LogP contribution in [0.5, 0.6) is 0 Å². The summed E-state index contributed by atoms with van der Waals surface area (Å²) >= 11 is 1.31. The van der Waals surface area contributed by atoms with Gasteiger partial charge in [-0.1, -0.05) is 29.1 Å². The summed E-state index contributed by atoms with van der Waals surface area (Å²) < 4.78 is 9.08. The molecule has 0 saturated carbocycles. The van der Waals surface area contributed by atoms with Gasteiger partial charge in [-0.25, -0.2) is 0 Å². The number of rotatable bonds is 6. The van der Waals surface area contributed by atoms with E-state index in [0.29, 0.717) is 18.1 Å². The fourth-order valence-corrected chi connectivity index (χ4v) is 3.87. The lowest BCUT2D eigenvalue weighted by Gasteiger charge is -2.22. The summed E-state index contributed by atoms with van der Waals surface area (Å²) in [4.78, 5) is 12.8. The number of aromatic nitrogens is 2. The van der Waals surface area contributed by atoms with Crippen LogP contribution in [0, 0.1) is 5.92 Å². The smallest absolute Gasteiger partial charge is 0.251 e. The summed E-state index contributed by atoms with van der Waals surface area (Å²) in [5.74, 6) is 0.295. The Labute approximate surface area is 164 Å². The number of carbonyl (C=O) groups excluding carboxylic acids is 1. The molecule has 0 saturated heterocycles. The van der Waals surface area contributed by atoms with Gasteiger partial charge in [0.05, 0.1) is 6.61 Å². The van der Waals surface area contributed by atoms with Crippen LogP contribution in [0.1, 0.15) is 43.1 Å². The SMILES string of the molecule is COCC(C)NC(=O)c1cc(C2=CC=C(C)CC2C)cc(-c2csnn2)c1. The molecule has 1 aromatic heterocycles. The molecule has 2 aromatic rings. The van der Waals surface area contributed by atoms with E-state index in [9.17, 15) is 4.79 Å². The van der Waals surface area contributed by atoms with Crippen LogP contribution in [0.25, 0.3) is 16.8 Å². The monoisotopic (exact) mass is 383 g/mol. The van der Waals surface area contributed by atoms with Crippen molar-refractivity contribution < 1.29 is 9.53 Å². The number of allylic oxidation sites excluding steroid dienone is 4. The van der Waals surface area contributed by atoms with Crippen molar-refractivity contribution in [2.24, 2.45) is 5.92 Å². The average molecular weight is 384 g/mol. The van der Waals surface area contributed by atoms with Gasteiger partial charge >= 0.3 is 0 Å². The van der Waals surface area contributed by atoms with E-state index < -0.39 is 0 Å². The quantitative estimate of drug-likeness (QED) is 0.806. The van der Waals surface area contributed by atoms with E-state index in [1.165, 1.54) is 22.7 Å².